The Bertz CT molecular complexity index is 1350. The first-order chi connectivity index (χ1) is 16.9. The number of benzene rings is 3. The summed E-state index contributed by atoms with van der Waals surface area (Å²) in [5.41, 5.74) is -0.274. The molecule has 2 heterocycles. The number of ether oxygens (including phenoxy) is 1. The first-order valence-electron chi connectivity index (χ1n) is 11.4. The third kappa shape index (κ3) is 2.98. The van der Waals surface area contributed by atoms with Gasteiger partial charge in [-0.2, -0.15) is 0 Å². The van der Waals surface area contributed by atoms with Crippen LogP contribution in [0.4, 0.5) is 4.39 Å². The fourth-order valence-electron chi connectivity index (χ4n) is 5.63. The lowest BCUT2D eigenvalue weighted by molar-refractivity contribution is -0.144. The minimum absolute atomic E-state index is 0.0587. The number of nitrogens with zero attached hydrogens (tertiary/aromatic N) is 1. The summed E-state index contributed by atoms with van der Waals surface area (Å²) in [4.78, 5) is 55.8. The van der Waals surface area contributed by atoms with E-state index >= 15 is 0 Å². The molecular formula is C28H20FNO5. The van der Waals surface area contributed by atoms with Crippen LogP contribution in [0.25, 0.3) is 0 Å². The van der Waals surface area contributed by atoms with Crippen molar-refractivity contribution >= 4 is 23.4 Å². The molecule has 0 saturated carbocycles. The Kier molecular flexibility index (Phi) is 4.79. The van der Waals surface area contributed by atoms with Crippen molar-refractivity contribution in [3.8, 4) is 0 Å². The molecule has 1 aliphatic carbocycles. The number of likely N-dealkylation sites (tertiary alicyclic amines) is 1. The molecule has 1 spiro atoms. The van der Waals surface area contributed by atoms with Crippen molar-refractivity contribution in [3.63, 3.8) is 0 Å². The maximum absolute atomic E-state index is 13.7. The molecule has 2 fully saturated rings. The molecule has 35 heavy (non-hydrogen) atoms. The molecule has 2 saturated heterocycles. The van der Waals surface area contributed by atoms with Gasteiger partial charge in [-0.05, 0) is 29.7 Å². The van der Waals surface area contributed by atoms with Crippen LogP contribution in [0.3, 0.4) is 0 Å². The maximum Gasteiger partial charge on any atom is 0.237 e. The van der Waals surface area contributed by atoms with E-state index in [1.165, 1.54) is 12.1 Å². The SMILES string of the molecule is O=C1[C@@H]2[C@H](c3ccccc3)OC3(C(=O)c4ccccc4C3=O)[C@H]2C(=O)N1CCc1ccc(F)cc1. The zero-order valence-corrected chi connectivity index (χ0v) is 18.5. The Morgan fingerprint density at radius 3 is 2.00 bits per heavy atom. The van der Waals surface area contributed by atoms with E-state index in [1.807, 2.05) is 6.07 Å². The van der Waals surface area contributed by atoms with Gasteiger partial charge in [-0.15, -0.1) is 0 Å². The molecular weight excluding hydrogens is 449 g/mol. The van der Waals surface area contributed by atoms with Crippen LogP contribution >= 0.6 is 0 Å². The fraction of sp³-hybridized carbons (Fsp3) is 0.214. The number of halogens is 1. The molecule has 6 nitrogen and oxygen atoms in total. The van der Waals surface area contributed by atoms with E-state index in [0.717, 1.165) is 10.5 Å². The molecule has 0 bridgehead atoms. The quantitative estimate of drug-likeness (QED) is 0.431. The zero-order valence-electron chi connectivity index (χ0n) is 18.5. The van der Waals surface area contributed by atoms with Gasteiger partial charge >= 0.3 is 0 Å². The minimum atomic E-state index is -2.06. The van der Waals surface area contributed by atoms with Gasteiger partial charge in [0, 0.05) is 17.7 Å². The van der Waals surface area contributed by atoms with Gasteiger partial charge in [-0.25, -0.2) is 4.39 Å². The molecule has 6 rings (SSSR count). The van der Waals surface area contributed by atoms with Gasteiger partial charge in [0.25, 0.3) is 0 Å². The van der Waals surface area contributed by atoms with Gasteiger partial charge < -0.3 is 4.74 Å². The lowest BCUT2D eigenvalue weighted by Gasteiger charge is -2.27. The Labute approximate surface area is 200 Å². The molecule has 0 unspecified atom stereocenters. The highest BCUT2D eigenvalue weighted by Crippen LogP contribution is 2.57. The van der Waals surface area contributed by atoms with Crippen molar-refractivity contribution in [1.82, 2.24) is 4.90 Å². The molecule has 174 valence electrons. The van der Waals surface area contributed by atoms with Crippen molar-refractivity contribution in [3.05, 3.63) is 107 Å². The van der Waals surface area contributed by atoms with Crippen molar-refractivity contribution in [2.75, 3.05) is 6.54 Å². The molecule has 2 aliphatic heterocycles. The topological polar surface area (TPSA) is 80.8 Å². The summed E-state index contributed by atoms with van der Waals surface area (Å²) in [6.45, 7) is 0.0587. The fourth-order valence-corrected chi connectivity index (χ4v) is 5.63. The summed E-state index contributed by atoms with van der Waals surface area (Å²) in [5, 5.41) is 0. The third-order valence-electron chi connectivity index (χ3n) is 7.28. The lowest BCUT2D eigenvalue weighted by atomic mass is 9.77. The molecule has 3 atom stereocenters. The number of imide groups is 1. The van der Waals surface area contributed by atoms with E-state index < -0.39 is 46.9 Å². The molecule has 0 N–H and O–H groups in total. The molecule has 0 radical (unpaired) electrons. The highest BCUT2D eigenvalue weighted by atomic mass is 19.1. The summed E-state index contributed by atoms with van der Waals surface area (Å²) in [7, 11) is 0. The highest BCUT2D eigenvalue weighted by Gasteiger charge is 2.74. The zero-order chi connectivity index (χ0) is 24.3. The number of fused-ring (bicyclic) bond motifs is 3. The third-order valence-corrected chi connectivity index (χ3v) is 7.28. The van der Waals surface area contributed by atoms with E-state index in [4.69, 9.17) is 4.74 Å². The average Bonchev–Trinajstić information content (AvgIpc) is 3.44. The predicted octanol–water partition coefficient (Wildman–Crippen LogP) is 3.56. The number of hydrogen-bond donors (Lipinski definition) is 0. The second-order valence-corrected chi connectivity index (χ2v) is 9.10. The number of amides is 2. The lowest BCUT2D eigenvalue weighted by Crippen LogP contribution is -2.51. The van der Waals surface area contributed by atoms with Crippen molar-refractivity contribution in [2.45, 2.75) is 18.1 Å². The number of carbonyl (C=O) groups excluding carboxylic acids is 4. The van der Waals surface area contributed by atoms with Gasteiger partial charge in [-0.1, -0.05) is 66.7 Å². The average molecular weight is 469 g/mol. The van der Waals surface area contributed by atoms with Crippen LogP contribution < -0.4 is 0 Å². The Balaban J connectivity index is 1.41. The first kappa shape index (κ1) is 21.6. The monoisotopic (exact) mass is 469 g/mol. The minimum Gasteiger partial charge on any atom is -0.349 e. The van der Waals surface area contributed by atoms with Crippen LogP contribution in [0.5, 0.6) is 0 Å². The molecule has 3 aromatic carbocycles. The number of ketones is 2. The van der Waals surface area contributed by atoms with E-state index in [9.17, 15) is 23.6 Å². The normalized spacial score (nSPS) is 24.4. The van der Waals surface area contributed by atoms with Crippen LogP contribution in [0, 0.1) is 17.7 Å². The van der Waals surface area contributed by atoms with Crippen LogP contribution in [0.1, 0.15) is 37.9 Å². The summed E-state index contributed by atoms with van der Waals surface area (Å²) >= 11 is 0. The highest BCUT2D eigenvalue weighted by molar-refractivity contribution is 6.35. The van der Waals surface area contributed by atoms with E-state index in [0.29, 0.717) is 12.0 Å². The number of rotatable bonds is 4. The van der Waals surface area contributed by atoms with Crippen LogP contribution in [-0.4, -0.2) is 40.4 Å². The van der Waals surface area contributed by atoms with Crippen molar-refractivity contribution < 1.29 is 28.3 Å². The van der Waals surface area contributed by atoms with Crippen molar-refractivity contribution in [1.29, 1.82) is 0 Å². The predicted molar refractivity (Wildman–Crippen MR) is 122 cm³/mol. The smallest absolute Gasteiger partial charge is 0.237 e. The standard InChI is InChI=1S/C28H20FNO5/c29-18-12-10-16(11-13-18)14-15-30-26(33)21-22(27(30)34)28(35-23(21)17-6-2-1-3-7-17)24(31)19-8-4-5-9-20(19)25(28)32/h1-13,21-23H,14-15H2/t21-,22+,23-/m0/s1. The molecule has 2 amide bonds. The summed E-state index contributed by atoms with van der Waals surface area (Å²) in [6, 6.07) is 21.1. The number of hydrogen-bond acceptors (Lipinski definition) is 5. The van der Waals surface area contributed by atoms with Crippen molar-refractivity contribution in [2.24, 2.45) is 11.8 Å². The molecule has 3 aromatic rings. The summed E-state index contributed by atoms with van der Waals surface area (Å²) in [6.07, 6.45) is -0.598. The maximum atomic E-state index is 13.7. The van der Waals surface area contributed by atoms with Gasteiger partial charge in [0.05, 0.1) is 17.9 Å². The van der Waals surface area contributed by atoms with Gasteiger partial charge in [0.2, 0.25) is 29.0 Å². The van der Waals surface area contributed by atoms with E-state index in [1.54, 1.807) is 60.7 Å². The number of carbonyl (C=O) groups is 4. The van der Waals surface area contributed by atoms with Gasteiger partial charge in [-0.3, -0.25) is 24.1 Å². The van der Waals surface area contributed by atoms with Gasteiger partial charge in [0.15, 0.2) is 0 Å². The Morgan fingerprint density at radius 1 is 0.771 bits per heavy atom. The summed E-state index contributed by atoms with van der Waals surface area (Å²) < 4.78 is 19.5. The van der Waals surface area contributed by atoms with E-state index in [2.05, 4.69) is 0 Å². The molecule has 7 heteroatoms. The second-order valence-electron chi connectivity index (χ2n) is 9.10. The Morgan fingerprint density at radius 2 is 1.37 bits per heavy atom. The second kappa shape index (κ2) is 7.78. The number of Topliss-reactive ketones (excluding diaryl/α,β-unsaturated/α-hetero) is 2. The largest absolute Gasteiger partial charge is 0.349 e. The van der Waals surface area contributed by atoms with Crippen LogP contribution in [0.2, 0.25) is 0 Å². The van der Waals surface area contributed by atoms with Crippen LogP contribution in [-0.2, 0) is 20.7 Å². The Hall–Kier alpha value is -3.97. The summed E-state index contributed by atoms with van der Waals surface area (Å²) in [5.74, 6) is -4.83. The van der Waals surface area contributed by atoms with E-state index in [-0.39, 0.29) is 23.5 Å². The first-order valence-corrected chi connectivity index (χ1v) is 11.4. The van der Waals surface area contributed by atoms with Gasteiger partial charge in [0.1, 0.15) is 5.82 Å². The molecule has 3 aliphatic rings. The molecule has 0 aromatic heterocycles. The van der Waals surface area contributed by atoms with Crippen LogP contribution in [0.15, 0.2) is 78.9 Å².